The first kappa shape index (κ1) is 14.6. The molecule has 0 fully saturated rings. The fourth-order valence-electron chi connectivity index (χ4n) is 2.95. The summed E-state index contributed by atoms with van der Waals surface area (Å²) in [5.41, 5.74) is 8.06. The quantitative estimate of drug-likeness (QED) is 0.771. The van der Waals surface area contributed by atoms with E-state index < -0.39 is 0 Å². The predicted octanol–water partition coefficient (Wildman–Crippen LogP) is 4.97. The molecular weight excluding hydrogens is 266 g/mol. The molecule has 0 bridgehead atoms. The van der Waals surface area contributed by atoms with Gasteiger partial charge in [0.1, 0.15) is 0 Å². The average molecular weight is 289 g/mol. The van der Waals surface area contributed by atoms with Crippen LogP contribution in [0.25, 0.3) is 6.08 Å². The fourth-order valence-corrected chi connectivity index (χ4v) is 2.95. The molecule has 0 atom stereocenters. The van der Waals surface area contributed by atoms with E-state index in [1.54, 1.807) is 0 Å². The summed E-state index contributed by atoms with van der Waals surface area (Å²) in [4.78, 5) is 2.35. The highest BCUT2D eigenvalue weighted by Gasteiger charge is 2.12. The number of benzene rings is 2. The van der Waals surface area contributed by atoms with Gasteiger partial charge in [-0.05, 0) is 48.6 Å². The summed E-state index contributed by atoms with van der Waals surface area (Å²) >= 11 is 0. The number of rotatable bonds is 3. The van der Waals surface area contributed by atoms with E-state index in [2.05, 4.69) is 86.5 Å². The van der Waals surface area contributed by atoms with Crippen LogP contribution >= 0.6 is 0 Å². The molecule has 1 aliphatic carbocycles. The van der Waals surface area contributed by atoms with E-state index >= 15 is 0 Å². The lowest BCUT2D eigenvalue weighted by atomic mass is 10.1. The summed E-state index contributed by atoms with van der Waals surface area (Å²) in [7, 11) is 2.18. The molecule has 1 aliphatic rings. The van der Waals surface area contributed by atoms with Gasteiger partial charge in [0.15, 0.2) is 0 Å². The van der Waals surface area contributed by atoms with E-state index in [9.17, 15) is 0 Å². The van der Waals surface area contributed by atoms with Crippen LogP contribution in [0.4, 0.5) is 0 Å². The summed E-state index contributed by atoms with van der Waals surface area (Å²) in [6, 6.07) is 17.5. The van der Waals surface area contributed by atoms with E-state index in [-0.39, 0.29) is 0 Å². The molecule has 3 rings (SSSR count). The fraction of sp³-hybridized carbons (Fsp3) is 0.238. The van der Waals surface area contributed by atoms with E-state index in [0.29, 0.717) is 0 Å². The maximum absolute atomic E-state index is 2.35. The Morgan fingerprint density at radius 2 is 1.68 bits per heavy atom. The first-order valence-electron chi connectivity index (χ1n) is 7.87. The van der Waals surface area contributed by atoms with Gasteiger partial charge < -0.3 is 4.90 Å². The Bertz CT molecular complexity index is 720. The van der Waals surface area contributed by atoms with Crippen LogP contribution in [0, 0.1) is 6.92 Å². The summed E-state index contributed by atoms with van der Waals surface area (Å²) in [6.07, 6.45) is 5.67. The van der Waals surface area contributed by atoms with Crippen molar-refractivity contribution in [1.29, 1.82) is 0 Å². The molecule has 112 valence electrons. The lowest BCUT2D eigenvalue weighted by Gasteiger charge is -2.23. The maximum atomic E-state index is 2.35. The van der Waals surface area contributed by atoms with E-state index in [4.69, 9.17) is 0 Å². The zero-order chi connectivity index (χ0) is 15.5. The monoisotopic (exact) mass is 289 g/mol. The van der Waals surface area contributed by atoms with Crippen molar-refractivity contribution in [3.63, 3.8) is 0 Å². The third kappa shape index (κ3) is 3.14. The van der Waals surface area contributed by atoms with Gasteiger partial charge in [-0.25, -0.2) is 0 Å². The van der Waals surface area contributed by atoms with Crippen LogP contribution in [0.15, 0.2) is 65.9 Å². The summed E-state index contributed by atoms with van der Waals surface area (Å²) in [5, 5.41) is 0. The molecule has 1 nitrogen and oxygen atoms in total. The largest absolute Gasteiger partial charge is 0.370 e. The number of fused-ring (bicyclic) bond motifs is 1. The van der Waals surface area contributed by atoms with Crippen LogP contribution in [-0.2, 0) is 13.0 Å². The number of hydrogen-bond donors (Lipinski definition) is 0. The van der Waals surface area contributed by atoms with Gasteiger partial charge in [0.25, 0.3) is 0 Å². The second-order valence-corrected chi connectivity index (χ2v) is 6.16. The highest BCUT2D eigenvalue weighted by molar-refractivity contribution is 5.62. The lowest BCUT2D eigenvalue weighted by molar-refractivity contribution is 0.422. The van der Waals surface area contributed by atoms with Gasteiger partial charge in [-0.1, -0.05) is 60.2 Å². The zero-order valence-corrected chi connectivity index (χ0v) is 13.6. The normalized spacial score (nSPS) is 13.8. The molecule has 0 saturated heterocycles. The number of hydrogen-bond acceptors (Lipinski definition) is 1. The molecule has 0 spiro atoms. The van der Waals surface area contributed by atoms with Crippen molar-refractivity contribution < 1.29 is 0 Å². The van der Waals surface area contributed by atoms with Gasteiger partial charge in [0.2, 0.25) is 0 Å². The highest BCUT2D eigenvalue weighted by atomic mass is 15.1. The minimum Gasteiger partial charge on any atom is -0.370 e. The number of allylic oxidation sites excluding steroid dienone is 2. The predicted molar refractivity (Wildman–Crippen MR) is 94.5 cm³/mol. The molecule has 2 aromatic carbocycles. The number of aryl methyl sites for hydroxylation is 1. The minimum atomic E-state index is 0.930. The minimum absolute atomic E-state index is 0.930. The van der Waals surface area contributed by atoms with E-state index in [0.717, 1.165) is 13.0 Å². The Morgan fingerprint density at radius 3 is 2.45 bits per heavy atom. The average Bonchev–Trinajstić information content (AvgIpc) is 2.69. The summed E-state index contributed by atoms with van der Waals surface area (Å²) in [5.74, 6) is 0. The van der Waals surface area contributed by atoms with Gasteiger partial charge in [0.05, 0.1) is 0 Å². The Morgan fingerprint density at radius 1 is 0.955 bits per heavy atom. The van der Waals surface area contributed by atoms with Crippen LogP contribution in [0.5, 0.6) is 0 Å². The lowest BCUT2D eigenvalue weighted by Crippen LogP contribution is -2.17. The molecule has 1 heteroatoms. The molecule has 2 aromatic rings. The third-order valence-corrected chi connectivity index (χ3v) is 4.33. The van der Waals surface area contributed by atoms with Gasteiger partial charge in [-0.2, -0.15) is 0 Å². The van der Waals surface area contributed by atoms with Gasteiger partial charge in [0, 0.05) is 19.3 Å². The molecule has 0 heterocycles. The second-order valence-electron chi connectivity index (χ2n) is 6.16. The van der Waals surface area contributed by atoms with Crippen molar-refractivity contribution in [3.8, 4) is 0 Å². The van der Waals surface area contributed by atoms with Crippen LogP contribution in [-0.4, -0.2) is 11.9 Å². The standard InChI is InChI=1S/C21H23N/c1-16-8-11-18(12-9-16)15-22(3)21-14-20-7-5-4-6-19(20)13-10-17(21)2/h4-12,14H,13,15H2,1-3H3. The Balaban J connectivity index is 1.88. The van der Waals surface area contributed by atoms with E-state index in [1.807, 2.05) is 0 Å². The number of likely N-dealkylation sites (N-methyl/N-ethyl adjacent to an activating group) is 1. The molecule has 0 aromatic heterocycles. The molecule has 0 saturated carbocycles. The molecule has 0 aliphatic heterocycles. The second kappa shape index (κ2) is 6.23. The van der Waals surface area contributed by atoms with Crippen molar-refractivity contribution in [2.75, 3.05) is 7.05 Å². The van der Waals surface area contributed by atoms with Crippen molar-refractivity contribution in [2.45, 2.75) is 26.8 Å². The molecule has 0 unspecified atom stereocenters. The van der Waals surface area contributed by atoms with Crippen molar-refractivity contribution in [1.82, 2.24) is 4.90 Å². The van der Waals surface area contributed by atoms with Gasteiger partial charge in [-0.3, -0.25) is 0 Å². The summed E-state index contributed by atoms with van der Waals surface area (Å²) < 4.78 is 0. The van der Waals surface area contributed by atoms with Crippen LogP contribution in [0.2, 0.25) is 0 Å². The Hall–Kier alpha value is -2.28. The van der Waals surface area contributed by atoms with Gasteiger partial charge >= 0.3 is 0 Å². The topological polar surface area (TPSA) is 3.24 Å². The SMILES string of the molecule is CC1=CCc2ccccc2C=C1N(C)Cc1ccc(C)cc1. The van der Waals surface area contributed by atoms with Crippen LogP contribution in [0.3, 0.4) is 0 Å². The Kier molecular flexibility index (Phi) is 4.15. The van der Waals surface area contributed by atoms with E-state index in [1.165, 1.54) is 33.5 Å². The smallest absolute Gasteiger partial charge is 0.0426 e. The Labute approximate surface area is 133 Å². The number of nitrogens with zero attached hydrogens (tertiary/aromatic N) is 1. The zero-order valence-electron chi connectivity index (χ0n) is 13.6. The summed E-state index contributed by atoms with van der Waals surface area (Å²) in [6.45, 7) is 5.27. The first-order chi connectivity index (χ1) is 10.6. The molecule has 0 amide bonds. The molecule has 0 radical (unpaired) electrons. The van der Waals surface area contributed by atoms with Crippen LogP contribution in [0.1, 0.15) is 29.2 Å². The molecular formula is C21H23N. The molecule has 0 N–H and O–H groups in total. The van der Waals surface area contributed by atoms with Crippen molar-refractivity contribution >= 4 is 6.08 Å². The van der Waals surface area contributed by atoms with Crippen LogP contribution < -0.4 is 0 Å². The first-order valence-corrected chi connectivity index (χ1v) is 7.87. The third-order valence-electron chi connectivity index (χ3n) is 4.33. The van der Waals surface area contributed by atoms with Crippen molar-refractivity contribution in [2.24, 2.45) is 0 Å². The molecule has 22 heavy (non-hydrogen) atoms. The maximum Gasteiger partial charge on any atom is 0.0426 e. The highest BCUT2D eigenvalue weighted by Crippen LogP contribution is 2.26. The van der Waals surface area contributed by atoms with Crippen molar-refractivity contribution in [3.05, 3.63) is 88.1 Å². The van der Waals surface area contributed by atoms with Gasteiger partial charge in [-0.15, -0.1) is 0 Å².